The Morgan fingerprint density at radius 3 is 1.88 bits per heavy atom. The van der Waals surface area contributed by atoms with Crippen molar-refractivity contribution in [3.8, 4) is 0 Å². The van der Waals surface area contributed by atoms with Gasteiger partial charge in [-0.25, -0.2) is 0 Å². The van der Waals surface area contributed by atoms with Crippen molar-refractivity contribution in [1.29, 1.82) is 0 Å². The predicted octanol–water partition coefficient (Wildman–Crippen LogP) is 9.42. The molecule has 0 aliphatic heterocycles. The summed E-state index contributed by atoms with van der Waals surface area (Å²) in [6, 6.07) is 40.4. The normalized spacial score (nSPS) is 11.6. The van der Waals surface area contributed by atoms with Crippen LogP contribution in [0.25, 0.3) is 42.1 Å². The summed E-state index contributed by atoms with van der Waals surface area (Å²) in [5, 5.41) is 4.76. The minimum Gasteiger partial charge on any atom is -0.453 e. The maximum absolute atomic E-state index is 6.75. The van der Waals surface area contributed by atoms with Crippen LogP contribution in [-0.2, 0) is 0 Å². The number of thiophene rings is 1. The van der Waals surface area contributed by atoms with E-state index in [1.165, 1.54) is 20.2 Å². The average molecular weight is 442 g/mol. The summed E-state index contributed by atoms with van der Waals surface area (Å²) in [7, 11) is 0. The zero-order valence-corrected chi connectivity index (χ0v) is 18.5. The van der Waals surface area contributed by atoms with Gasteiger partial charge in [0.2, 0.25) is 0 Å². The van der Waals surface area contributed by atoms with E-state index in [0.29, 0.717) is 0 Å². The number of anilines is 3. The van der Waals surface area contributed by atoms with E-state index >= 15 is 0 Å². The number of nitrogens with zero attached hydrogens (tertiary/aromatic N) is 1. The summed E-state index contributed by atoms with van der Waals surface area (Å²) in [5.74, 6) is 0. The van der Waals surface area contributed by atoms with Crippen LogP contribution >= 0.6 is 11.3 Å². The summed E-state index contributed by atoms with van der Waals surface area (Å²) in [4.78, 5) is 2.27. The van der Waals surface area contributed by atoms with Gasteiger partial charge in [0.25, 0.3) is 0 Å². The lowest BCUT2D eigenvalue weighted by atomic mass is 10.1. The lowest BCUT2D eigenvalue weighted by Crippen LogP contribution is -2.09. The van der Waals surface area contributed by atoms with Crippen molar-refractivity contribution in [1.82, 2.24) is 0 Å². The minimum absolute atomic E-state index is 0.906. The quantitative estimate of drug-likeness (QED) is 0.271. The van der Waals surface area contributed by atoms with E-state index in [0.717, 1.165) is 39.0 Å². The molecule has 0 amide bonds. The molecule has 0 fully saturated rings. The molecule has 3 heteroatoms. The topological polar surface area (TPSA) is 16.4 Å². The minimum atomic E-state index is 0.906. The van der Waals surface area contributed by atoms with Crippen LogP contribution in [0.5, 0.6) is 0 Å². The molecule has 156 valence electrons. The number of rotatable bonds is 3. The van der Waals surface area contributed by atoms with E-state index in [1.54, 1.807) is 0 Å². The van der Waals surface area contributed by atoms with Crippen molar-refractivity contribution in [2.75, 3.05) is 4.90 Å². The Bertz CT molecular complexity index is 1720. The van der Waals surface area contributed by atoms with Crippen molar-refractivity contribution in [2.24, 2.45) is 0 Å². The molecule has 2 aromatic heterocycles. The fourth-order valence-electron chi connectivity index (χ4n) is 4.81. The van der Waals surface area contributed by atoms with Crippen molar-refractivity contribution < 1.29 is 4.42 Å². The number of furan rings is 1. The van der Waals surface area contributed by atoms with Gasteiger partial charge in [0.1, 0.15) is 5.58 Å². The molecule has 7 rings (SSSR count). The van der Waals surface area contributed by atoms with Crippen LogP contribution in [0.4, 0.5) is 17.1 Å². The Hall–Kier alpha value is -4.08. The molecule has 33 heavy (non-hydrogen) atoms. The maximum Gasteiger partial charge on any atom is 0.159 e. The maximum atomic E-state index is 6.75. The molecular formula is C30H19NOS. The summed E-state index contributed by atoms with van der Waals surface area (Å²) in [5.41, 5.74) is 5.11. The third-order valence-corrected chi connectivity index (χ3v) is 7.39. The van der Waals surface area contributed by atoms with Gasteiger partial charge < -0.3 is 9.32 Å². The van der Waals surface area contributed by atoms with Gasteiger partial charge in [0.15, 0.2) is 5.58 Å². The summed E-state index contributed by atoms with van der Waals surface area (Å²) in [6.45, 7) is 0. The van der Waals surface area contributed by atoms with Gasteiger partial charge in [-0.2, -0.15) is 0 Å². The molecule has 2 nitrogen and oxygen atoms in total. The highest BCUT2D eigenvalue weighted by Gasteiger charge is 2.20. The van der Waals surface area contributed by atoms with Crippen LogP contribution in [0.1, 0.15) is 0 Å². The third-order valence-electron chi connectivity index (χ3n) is 6.25. The van der Waals surface area contributed by atoms with Crippen molar-refractivity contribution >= 4 is 70.5 Å². The zero-order valence-electron chi connectivity index (χ0n) is 17.7. The highest BCUT2D eigenvalue weighted by atomic mass is 32.1. The molecule has 0 radical (unpaired) electrons. The van der Waals surface area contributed by atoms with Crippen LogP contribution in [0.2, 0.25) is 0 Å². The highest BCUT2D eigenvalue weighted by molar-refractivity contribution is 7.26. The smallest absolute Gasteiger partial charge is 0.159 e. The predicted molar refractivity (Wildman–Crippen MR) is 141 cm³/mol. The van der Waals surface area contributed by atoms with Gasteiger partial charge in [-0.05, 0) is 48.5 Å². The zero-order chi connectivity index (χ0) is 21.8. The first-order chi connectivity index (χ1) is 16.4. The SMILES string of the molecule is c1ccc(N(c2ccccc2)c2cccc3c2oc2c3ccc3sc4ccccc4c32)cc1. The van der Waals surface area contributed by atoms with E-state index in [-0.39, 0.29) is 0 Å². The average Bonchev–Trinajstić information content (AvgIpc) is 3.44. The van der Waals surface area contributed by atoms with Crippen LogP contribution in [-0.4, -0.2) is 0 Å². The summed E-state index contributed by atoms with van der Waals surface area (Å²) < 4.78 is 9.30. The Labute approximate surface area is 194 Å². The molecule has 0 unspecified atom stereocenters. The first-order valence-electron chi connectivity index (χ1n) is 11.0. The molecule has 0 bridgehead atoms. The third kappa shape index (κ3) is 2.80. The Morgan fingerprint density at radius 1 is 0.485 bits per heavy atom. The Kier molecular flexibility index (Phi) is 4.05. The molecule has 0 saturated carbocycles. The number of para-hydroxylation sites is 3. The molecular weight excluding hydrogens is 422 g/mol. The van der Waals surface area contributed by atoms with Gasteiger partial charge in [0.05, 0.1) is 5.69 Å². The number of hydrogen-bond donors (Lipinski definition) is 0. The molecule has 0 saturated heterocycles. The van der Waals surface area contributed by atoms with E-state index in [2.05, 4.69) is 108 Å². The molecule has 5 aromatic carbocycles. The fourth-order valence-corrected chi connectivity index (χ4v) is 5.91. The lowest BCUT2D eigenvalue weighted by Gasteiger charge is -2.25. The van der Waals surface area contributed by atoms with E-state index < -0.39 is 0 Å². The van der Waals surface area contributed by atoms with Crippen LogP contribution in [0, 0.1) is 0 Å². The standard InChI is InChI=1S/C30H19NOS/c1-3-10-20(11-4-1)31(21-12-5-2-6-13-21)25-16-9-15-22-23-18-19-27-28(30(23)32-29(22)25)24-14-7-8-17-26(24)33-27/h1-19H. The Balaban J connectivity index is 1.58. The second-order valence-electron chi connectivity index (χ2n) is 8.18. The van der Waals surface area contributed by atoms with Crippen LogP contribution < -0.4 is 4.90 Å². The van der Waals surface area contributed by atoms with Crippen molar-refractivity contribution in [3.05, 3.63) is 115 Å². The largest absolute Gasteiger partial charge is 0.453 e. The van der Waals surface area contributed by atoms with Gasteiger partial charge in [-0.1, -0.05) is 66.7 Å². The second kappa shape index (κ2) is 7.22. The van der Waals surface area contributed by atoms with E-state index in [1.807, 2.05) is 23.5 Å². The molecule has 2 heterocycles. The first-order valence-corrected chi connectivity index (χ1v) is 11.9. The fraction of sp³-hybridized carbons (Fsp3) is 0. The van der Waals surface area contributed by atoms with Crippen LogP contribution in [0.3, 0.4) is 0 Å². The van der Waals surface area contributed by atoms with E-state index in [9.17, 15) is 0 Å². The Morgan fingerprint density at radius 2 is 1.12 bits per heavy atom. The highest BCUT2D eigenvalue weighted by Crippen LogP contribution is 2.45. The van der Waals surface area contributed by atoms with E-state index in [4.69, 9.17) is 4.42 Å². The molecule has 0 spiro atoms. The monoisotopic (exact) mass is 441 g/mol. The number of benzene rings is 5. The van der Waals surface area contributed by atoms with Crippen molar-refractivity contribution in [2.45, 2.75) is 0 Å². The molecule has 7 aromatic rings. The lowest BCUT2D eigenvalue weighted by molar-refractivity contribution is 0.673. The number of fused-ring (bicyclic) bond motifs is 7. The van der Waals surface area contributed by atoms with Crippen molar-refractivity contribution in [3.63, 3.8) is 0 Å². The molecule has 0 atom stereocenters. The number of hydrogen-bond acceptors (Lipinski definition) is 3. The molecule has 0 aliphatic rings. The van der Waals surface area contributed by atoms with Gasteiger partial charge in [0, 0.05) is 42.3 Å². The summed E-state index contributed by atoms with van der Waals surface area (Å²) >= 11 is 1.82. The van der Waals surface area contributed by atoms with Gasteiger partial charge in [-0.15, -0.1) is 11.3 Å². The van der Waals surface area contributed by atoms with Crippen LogP contribution in [0.15, 0.2) is 120 Å². The summed E-state index contributed by atoms with van der Waals surface area (Å²) in [6.07, 6.45) is 0. The molecule has 0 aliphatic carbocycles. The molecule has 0 N–H and O–H groups in total. The van der Waals surface area contributed by atoms with Gasteiger partial charge >= 0.3 is 0 Å². The van der Waals surface area contributed by atoms with Gasteiger partial charge in [-0.3, -0.25) is 0 Å². The first kappa shape index (κ1) is 18.5. The second-order valence-corrected chi connectivity index (χ2v) is 9.26.